The topological polar surface area (TPSA) is 106 Å². The molecule has 3 heterocycles. The Hall–Kier alpha value is -3.29. The van der Waals surface area contributed by atoms with Crippen LogP contribution in [0.25, 0.3) is 11.4 Å². The zero-order valence-corrected chi connectivity index (χ0v) is 11.9. The fourth-order valence-corrected chi connectivity index (χ4v) is 2.13. The van der Waals surface area contributed by atoms with Crippen molar-refractivity contribution in [1.29, 1.82) is 0 Å². The first-order valence-corrected chi connectivity index (χ1v) is 6.85. The maximum atomic E-state index is 5.70. The van der Waals surface area contributed by atoms with Gasteiger partial charge in [-0.25, -0.2) is 4.98 Å². The molecule has 2 N–H and O–H groups in total. The lowest BCUT2D eigenvalue weighted by Crippen LogP contribution is -2.00. The van der Waals surface area contributed by atoms with E-state index in [4.69, 9.17) is 24.5 Å². The summed E-state index contributed by atoms with van der Waals surface area (Å²) in [6.45, 7) is 0.324. The Bertz CT molecular complexity index is 849. The van der Waals surface area contributed by atoms with E-state index in [1.807, 2.05) is 6.07 Å². The van der Waals surface area contributed by atoms with Crippen LogP contribution >= 0.6 is 0 Å². The van der Waals surface area contributed by atoms with E-state index in [0.29, 0.717) is 34.8 Å². The number of nitrogens with zero attached hydrogens (tertiary/aromatic N) is 3. The maximum absolute atomic E-state index is 5.70. The highest BCUT2D eigenvalue weighted by Gasteiger charge is 2.16. The first-order chi connectivity index (χ1) is 11.3. The minimum atomic E-state index is 0.105. The Balaban J connectivity index is 1.50. The van der Waals surface area contributed by atoms with Crippen molar-refractivity contribution < 1.29 is 18.7 Å². The van der Waals surface area contributed by atoms with Gasteiger partial charge in [-0.1, -0.05) is 5.16 Å². The monoisotopic (exact) mass is 312 g/mol. The number of rotatable bonds is 4. The molecular weight excluding hydrogens is 300 g/mol. The number of hydrogen-bond acceptors (Lipinski definition) is 8. The molecule has 4 rings (SSSR count). The summed E-state index contributed by atoms with van der Waals surface area (Å²) in [6.07, 6.45) is 1.59. The van der Waals surface area contributed by atoms with Crippen molar-refractivity contribution in [3.05, 3.63) is 42.4 Å². The van der Waals surface area contributed by atoms with Crippen LogP contribution in [0.2, 0.25) is 0 Å². The molecule has 0 atom stereocenters. The normalized spacial score (nSPS) is 12.3. The molecule has 2 aromatic heterocycles. The number of ether oxygens (including phenoxy) is 3. The van der Waals surface area contributed by atoms with E-state index in [2.05, 4.69) is 15.1 Å². The number of nitrogen functional groups attached to an aromatic ring is 1. The van der Waals surface area contributed by atoms with Crippen molar-refractivity contribution in [3.8, 4) is 28.6 Å². The third-order valence-electron chi connectivity index (χ3n) is 3.25. The Morgan fingerprint density at radius 1 is 1.17 bits per heavy atom. The van der Waals surface area contributed by atoms with Gasteiger partial charge in [-0.05, 0) is 30.3 Å². The molecule has 1 aliphatic rings. The Kier molecular flexibility index (Phi) is 3.19. The lowest BCUT2D eigenvalue weighted by Gasteiger charge is -2.04. The van der Waals surface area contributed by atoms with Crippen LogP contribution in [0.3, 0.4) is 0 Å². The van der Waals surface area contributed by atoms with E-state index >= 15 is 0 Å². The maximum Gasteiger partial charge on any atom is 0.264 e. The van der Waals surface area contributed by atoms with Crippen LogP contribution in [0.4, 0.5) is 5.82 Å². The van der Waals surface area contributed by atoms with Crippen molar-refractivity contribution in [1.82, 2.24) is 15.1 Å². The average Bonchev–Trinajstić information content (AvgIpc) is 3.22. The number of aromatic nitrogens is 3. The van der Waals surface area contributed by atoms with E-state index in [-0.39, 0.29) is 13.4 Å². The van der Waals surface area contributed by atoms with Crippen molar-refractivity contribution in [2.45, 2.75) is 6.61 Å². The number of fused-ring (bicyclic) bond motifs is 1. The Morgan fingerprint density at radius 3 is 3.00 bits per heavy atom. The van der Waals surface area contributed by atoms with E-state index in [1.165, 1.54) is 0 Å². The van der Waals surface area contributed by atoms with Gasteiger partial charge in [0.05, 0.1) is 0 Å². The van der Waals surface area contributed by atoms with Crippen LogP contribution < -0.4 is 19.9 Å². The number of anilines is 1. The molecule has 0 fully saturated rings. The average molecular weight is 312 g/mol. The highest BCUT2D eigenvalue weighted by atomic mass is 16.7. The van der Waals surface area contributed by atoms with Gasteiger partial charge in [0.2, 0.25) is 12.6 Å². The molecule has 8 heteroatoms. The second kappa shape index (κ2) is 5.48. The number of hydrogen-bond donors (Lipinski definition) is 1. The van der Waals surface area contributed by atoms with Crippen LogP contribution in [0.5, 0.6) is 17.2 Å². The van der Waals surface area contributed by atoms with Gasteiger partial charge in [-0.15, -0.1) is 0 Å². The molecule has 0 radical (unpaired) electrons. The predicted molar refractivity (Wildman–Crippen MR) is 78.8 cm³/mol. The van der Waals surface area contributed by atoms with Crippen molar-refractivity contribution >= 4 is 5.82 Å². The highest BCUT2D eigenvalue weighted by molar-refractivity contribution is 5.61. The predicted octanol–water partition coefficient (Wildman–Crippen LogP) is 2.02. The third-order valence-corrected chi connectivity index (χ3v) is 3.25. The van der Waals surface area contributed by atoms with E-state index in [9.17, 15) is 0 Å². The molecule has 0 amide bonds. The molecule has 116 valence electrons. The van der Waals surface area contributed by atoms with Gasteiger partial charge in [0, 0.05) is 11.8 Å². The minimum Gasteiger partial charge on any atom is -0.480 e. The molecule has 3 aromatic rings. The van der Waals surface area contributed by atoms with Gasteiger partial charge in [-0.3, -0.25) is 0 Å². The van der Waals surface area contributed by atoms with Gasteiger partial charge >= 0.3 is 0 Å². The van der Waals surface area contributed by atoms with Gasteiger partial charge in [0.15, 0.2) is 29.7 Å². The second-order valence-electron chi connectivity index (χ2n) is 4.76. The molecule has 1 aliphatic heterocycles. The molecule has 0 bridgehead atoms. The van der Waals surface area contributed by atoms with Crippen molar-refractivity contribution in [3.63, 3.8) is 0 Å². The van der Waals surface area contributed by atoms with Gasteiger partial charge in [0.25, 0.3) is 5.89 Å². The zero-order chi connectivity index (χ0) is 15.6. The quantitative estimate of drug-likeness (QED) is 0.780. The van der Waals surface area contributed by atoms with Crippen LogP contribution in [-0.4, -0.2) is 21.9 Å². The molecule has 0 saturated heterocycles. The van der Waals surface area contributed by atoms with Gasteiger partial charge < -0.3 is 24.5 Å². The fraction of sp³-hybridized carbons (Fsp3) is 0.133. The zero-order valence-electron chi connectivity index (χ0n) is 11.9. The third kappa shape index (κ3) is 2.61. The molecule has 0 saturated carbocycles. The summed E-state index contributed by atoms with van der Waals surface area (Å²) in [7, 11) is 0. The summed E-state index contributed by atoms with van der Waals surface area (Å²) in [5.74, 6) is 2.92. The number of nitrogens with two attached hydrogens (primary N) is 1. The van der Waals surface area contributed by atoms with Crippen LogP contribution in [-0.2, 0) is 6.61 Å². The molecular formula is C15H12N4O4. The van der Waals surface area contributed by atoms with Crippen molar-refractivity contribution in [2.75, 3.05) is 12.5 Å². The molecule has 8 nitrogen and oxygen atoms in total. The Labute approximate surface area is 130 Å². The summed E-state index contributed by atoms with van der Waals surface area (Å²) >= 11 is 0. The fourth-order valence-electron chi connectivity index (χ4n) is 2.13. The lowest BCUT2D eigenvalue weighted by molar-refractivity contribution is 0.174. The molecule has 0 spiro atoms. The largest absolute Gasteiger partial charge is 0.480 e. The molecule has 23 heavy (non-hydrogen) atoms. The molecule has 0 unspecified atom stereocenters. The molecule has 0 aliphatic carbocycles. The highest BCUT2D eigenvalue weighted by Crippen LogP contribution is 2.35. The SMILES string of the molecule is Nc1ncccc1OCc1nc(-c2ccc3c(c2)OCO3)no1. The van der Waals surface area contributed by atoms with Crippen molar-refractivity contribution in [2.24, 2.45) is 0 Å². The first kappa shape index (κ1) is 13.4. The standard InChI is InChI=1S/C15H12N4O4/c16-14-11(2-1-5-17-14)20-7-13-18-15(19-23-13)9-3-4-10-12(6-9)22-8-21-10/h1-6H,7-8H2,(H2,16,17). The number of pyridine rings is 1. The summed E-state index contributed by atoms with van der Waals surface area (Å²) in [6, 6.07) is 8.90. The van der Waals surface area contributed by atoms with Crippen LogP contribution in [0, 0.1) is 0 Å². The van der Waals surface area contributed by atoms with E-state index < -0.39 is 0 Å². The minimum absolute atomic E-state index is 0.105. The smallest absolute Gasteiger partial charge is 0.264 e. The van der Waals surface area contributed by atoms with Gasteiger partial charge in [-0.2, -0.15) is 4.98 Å². The lowest BCUT2D eigenvalue weighted by atomic mass is 10.2. The molecule has 1 aromatic carbocycles. The summed E-state index contributed by atoms with van der Waals surface area (Å²) < 4.78 is 21.3. The van der Waals surface area contributed by atoms with Gasteiger partial charge in [0.1, 0.15) is 0 Å². The summed E-state index contributed by atoms with van der Waals surface area (Å²) in [5, 5.41) is 3.94. The van der Waals surface area contributed by atoms with E-state index in [1.54, 1.807) is 30.5 Å². The Morgan fingerprint density at radius 2 is 2.09 bits per heavy atom. The number of benzene rings is 1. The summed E-state index contributed by atoms with van der Waals surface area (Å²) in [5.41, 5.74) is 6.47. The first-order valence-electron chi connectivity index (χ1n) is 6.85. The van der Waals surface area contributed by atoms with Crippen LogP contribution in [0.1, 0.15) is 5.89 Å². The van der Waals surface area contributed by atoms with Crippen LogP contribution in [0.15, 0.2) is 41.1 Å². The van der Waals surface area contributed by atoms with E-state index in [0.717, 1.165) is 5.56 Å². The second-order valence-corrected chi connectivity index (χ2v) is 4.76. The summed E-state index contributed by atoms with van der Waals surface area (Å²) in [4.78, 5) is 8.23.